The Hall–Kier alpha value is -2.17. The lowest BCUT2D eigenvalue weighted by molar-refractivity contribution is 0.0784. The number of hydrogen-bond acceptors (Lipinski definition) is 3. The number of benzene rings is 1. The highest BCUT2D eigenvalue weighted by Gasteiger charge is 2.46. The molecule has 23 heavy (non-hydrogen) atoms. The summed E-state index contributed by atoms with van der Waals surface area (Å²) in [5, 5.41) is 7.31. The average Bonchev–Trinajstić information content (AvgIpc) is 3.14. The van der Waals surface area contributed by atoms with Crippen LogP contribution in [0.5, 0.6) is 0 Å². The number of H-pyrrole nitrogens is 1. The van der Waals surface area contributed by atoms with Crippen molar-refractivity contribution in [3.63, 3.8) is 0 Å². The van der Waals surface area contributed by atoms with Crippen LogP contribution >= 0.6 is 0 Å². The first kappa shape index (κ1) is 14.4. The monoisotopic (exact) mass is 310 g/mol. The molecular weight excluding hydrogens is 288 g/mol. The van der Waals surface area contributed by atoms with Gasteiger partial charge in [-0.15, -0.1) is 0 Å². The van der Waals surface area contributed by atoms with Crippen molar-refractivity contribution in [1.82, 2.24) is 20.1 Å². The molecular formula is C18H22N4O. The van der Waals surface area contributed by atoms with Gasteiger partial charge in [0.15, 0.2) is 5.82 Å². The number of carbonyl (C=O) groups is 1. The van der Waals surface area contributed by atoms with Gasteiger partial charge in [0.05, 0.1) is 0 Å². The van der Waals surface area contributed by atoms with Crippen LogP contribution in [0.15, 0.2) is 24.3 Å². The highest BCUT2D eigenvalue weighted by atomic mass is 16.2. The minimum absolute atomic E-state index is 0.142. The van der Waals surface area contributed by atoms with Gasteiger partial charge in [0.25, 0.3) is 5.91 Å². The van der Waals surface area contributed by atoms with E-state index in [0.29, 0.717) is 5.92 Å². The summed E-state index contributed by atoms with van der Waals surface area (Å²) < 4.78 is 0. The van der Waals surface area contributed by atoms with Crippen molar-refractivity contribution in [2.24, 2.45) is 11.8 Å². The van der Waals surface area contributed by atoms with Crippen LogP contribution in [0.2, 0.25) is 0 Å². The minimum Gasteiger partial charge on any atom is -0.338 e. The molecule has 0 radical (unpaired) electrons. The molecule has 2 aliphatic rings. The Balaban J connectivity index is 1.59. The predicted molar refractivity (Wildman–Crippen MR) is 87.2 cm³/mol. The Labute approximate surface area is 136 Å². The third-order valence-electron chi connectivity index (χ3n) is 5.20. The number of likely N-dealkylation sites (tertiary alicyclic amines) is 1. The molecule has 2 atom stereocenters. The molecule has 1 amide bonds. The van der Waals surface area contributed by atoms with Gasteiger partial charge in [0.1, 0.15) is 5.82 Å². The summed E-state index contributed by atoms with van der Waals surface area (Å²) in [5.41, 5.74) is 1.85. The van der Waals surface area contributed by atoms with E-state index in [9.17, 15) is 4.79 Å². The highest BCUT2D eigenvalue weighted by molar-refractivity contribution is 5.95. The van der Waals surface area contributed by atoms with Gasteiger partial charge < -0.3 is 4.90 Å². The summed E-state index contributed by atoms with van der Waals surface area (Å²) in [5.74, 6) is 3.35. The number of carbonyl (C=O) groups excluding carboxylic acids is 1. The van der Waals surface area contributed by atoms with Gasteiger partial charge >= 0.3 is 0 Å². The van der Waals surface area contributed by atoms with Crippen LogP contribution in [0, 0.1) is 25.7 Å². The van der Waals surface area contributed by atoms with Crippen molar-refractivity contribution in [1.29, 1.82) is 0 Å². The molecule has 0 bridgehead atoms. The van der Waals surface area contributed by atoms with Crippen LogP contribution in [0.4, 0.5) is 0 Å². The van der Waals surface area contributed by atoms with E-state index in [1.165, 1.54) is 12.8 Å². The van der Waals surface area contributed by atoms with Gasteiger partial charge in [0, 0.05) is 24.6 Å². The fourth-order valence-corrected chi connectivity index (χ4v) is 3.78. The summed E-state index contributed by atoms with van der Waals surface area (Å²) in [6.45, 7) is 5.48. The average molecular weight is 310 g/mol. The third kappa shape index (κ3) is 2.64. The van der Waals surface area contributed by atoms with Crippen molar-refractivity contribution in [2.75, 3.05) is 13.1 Å². The minimum atomic E-state index is 0.142. The van der Waals surface area contributed by atoms with E-state index in [2.05, 4.69) is 15.2 Å². The Kier molecular flexibility index (Phi) is 3.43. The maximum atomic E-state index is 12.9. The summed E-state index contributed by atoms with van der Waals surface area (Å²) >= 11 is 0. The third-order valence-corrected chi connectivity index (χ3v) is 5.20. The molecule has 1 N–H and O–H groups in total. The molecule has 120 valence electrons. The molecule has 4 rings (SSSR count). The standard InChI is InChI=1S/C18H22N4O/c1-11-5-3-4-6-14(11)18(23)22-9-15(13-7-8-13)16(10-22)17-19-12(2)20-21-17/h3-6,13,15-16H,7-10H2,1-2H3,(H,19,20,21)/t15-,16+/m0/s1. The number of aromatic nitrogens is 3. The summed E-state index contributed by atoms with van der Waals surface area (Å²) in [4.78, 5) is 19.4. The molecule has 1 aromatic heterocycles. The molecule has 1 aliphatic carbocycles. The predicted octanol–water partition coefficient (Wildman–Crippen LogP) is 2.69. The number of aromatic amines is 1. The second-order valence-electron chi connectivity index (χ2n) is 6.91. The lowest BCUT2D eigenvalue weighted by atomic mass is 9.91. The quantitative estimate of drug-likeness (QED) is 0.948. The van der Waals surface area contributed by atoms with E-state index in [0.717, 1.165) is 41.8 Å². The SMILES string of the molecule is Cc1nc([C@@H]2CN(C(=O)c3ccccc3C)C[C@H]2C2CC2)n[nH]1. The number of nitrogens with one attached hydrogen (secondary N) is 1. The van der Waals surface area contributed by atoms with E-state index < -0.39 is 0 Å². The highest BCUT2D eigenvalue weighted by Crippen LogP contribution is 2.47. The van der Waals surface area contributed by atoms with Crippen molar-refractivity contribution in [2.45, 2.75) is 32.6 Å². The molecule has 1 aromatic carbocycles. The smallest absolute Gasteiger partial charge is 0.254 e. The zero-order valence-corrected chi connectivity index (χ0v) is 13.6. The fraction of sp³-hybridized carbons (Fsp3) is 0.500. The zero-order chi connectivity index (χ0) is 16.0. The summed E-state index contributed by atoms with van der Waals surface area (Å²) in [6, 6.07) is 7.83. The summed E-state index contributed by atoms with van der Waals surface area (Å²) in [7, 11) is 0. The maximum Gasteiger partial charge on any atom is 0.254 e. The molecule has 1 aliphatic heterocycles. The van der Waals surface area contributed by atoms with E-state index in [-0.39, 0.29) is 11.8 Å². The van der Waals surface area contributed by atoms with Gasteiger partial charge in [-0.1, -0.05) is 18.2 Å². The normalized spacial score (nSPS) is 24.2. The van der Waals surface area contributed by atoms with Crippen LogP contribution in [0.25, 0.3) is 0 Å². The zero-order valence-electron chi connectivity index (χ0n) is 13.6. The number of hydrogen-bond donors (Lipinski definition) is 1. The first-order valence-corrected chi connectivity index (χ1v) is 8.37. The van der Waals surface area contributed by atoms with E-state index in [1.54, 1.807) is 0 Å². The fourth-order valence-electron chi connectivity index (χ4n) is 3.78. The molecule has 1 saturated carbocycles. The topological polar surface area (TPSA) is 61.9 Å². The lowest BCUT2D eigenvalue weighted by Crippen LogP contribution is -2.29. The molecule has 5 heteroatoms. The first-order chi connectivity index (χ1) is 11.1. The first-order valence-electron chi connectivity index (χ1n) is 8.37. The lowest BCUT2D eigenvalue weighted by Gasteiger charge is -2.17. The molecule has 1 saturated heterocycles. The number of amides is 1. The van der Waals surface area contributed by atoms with Crippen molar-refractivity contribution in [3.8, 4) is 0 Å². The van der Waals surface area contributed by atoms with Crippen LogP contribution in [-0.4, -0.2) is 39.1 Å². The molecule has 0 spiro atoms. The van der Waals surface area contributed by atoms with E-state index in [1.807, 2.05) is 43.0 Å². The number of rotatable bonds is 3. The van der Waals surface area contributed by atoms with Crippen LogP contribution in [-0.2, 0) is 0 Å². The van der Waals surface area contributed by atoms with Crippen LogP contribution < -0.4 is 0 Å². The Morgan fingerprint density at radius 3 is 2.65 bits per heavy atom. The second kappa shape index (κ2) is 5.48. The Morgan fingerprint density at radius 1 is 1.22 bits per heavy atom. The molecule has 2 heterocycles. The molecule has 5 nitrogen and oxygen atoms in total. The molecule has 0 unspecified atom stereocenters. The second-order valence-corrected chi connectivity index (χ2v) is 6.91. The Morgan fingerprint density at radius 2 is 2.00 bits per heavy atom. The van der Waals surface area contributed by atoms with Gasteiger partial charge in [-0.05, 0) is 50.2 Å². The largest absolute Gasteiger partial charge is 0.338 e. The van der Waals surface area contributed by atoms with Gasteiger partial charge in [-0.25, -0.2) is 4.98 Å². The summed E-state index contributed by atoms with van der Waals surface area (Å²) in [6.07, 6.45) is 2.55. The van der Waals surface area contributed by atoms with Crippen molar-refractivity contribution < 1.29 is 4.79 Å². The Bertz CT molecular complexity index is 734. The van der Waals surface area contributed by atoms with E-state index >= 15 is 0 Å². The molecule has 2 aromatic rings. The van der Waals surface area contributed by atoms with Crippen molar-refractivity contribution in [3.05, 3.63) is 47.0 Å². The number of nitrogens with zero attached hydrogens (tertiary/aromatic N) is 3. The van der Waals surface area contributed by atoms with E-state index in [4.69, 9.17) is 0 Å². The van der Waals surface area contributed by atoms with Gasteiger partial charge in [-0.3, -0.25) is 9.89 Å². The van der Waals surface area contributed by atoms with Crippen LogP contribution in [0.1, 0.15) is 46.3 Å². The molecule has 2 fully saturated rings. The van der Waals surface area contributed by atoms with Crippen LogP contribution in [0.3, 0.4) is 0 Å². The van der Waals surface area contributed by atoms with Gasteiger partial charge in [0.2, 0.25) is 0 Å². The number of aryl methyl sites for hydroxylation is 2. The van der Waals surface area contributed by atoms with Gasteiger partial charge in [-0.2, -0.15) is 5.10 Å². The maximum absolute atomic E-state index is 12.9. The van der Waals surface area contributed by atoms with Crippen molar-refractivity contribution >= 4 is 5.91 Å².